The van der Waals surface area contributed by atoms with Crippen LogP contribution in [0.25, 0.3) is 0 Å². The molecule has 0 unspecified atom stereocenters. The van der Waals surface area contributed by atoms with Crippen LogP contribution in [0.5, 0.6) is 5.75 Å². The number of carbonyl (C=O) groups is 1. The van der Waals surface area contributed by atoms with E-state index in [1.807, 2.05) is 0 Å². The molecule has 0 saturated carbocycles. The zero-order valence-corrected chi connectivity index (χ0v) is 11.2. The van der Waals surface area contributed by atoms with Gasteiger partial charge in [-0.1, -0.05) is 0 Å². The molecule has 0 radical (unpaired) electrons. The molecule has 2 N–H and O–H groups in total. The third kappa shape index (κ3) is 6.44. The minimum atomic E-state index is -0.834. The molecule has 0 bridgehead atoms. The molecule has 0 atom stereocenters. The smallest absolute Gasteiger partial charge is 0.257 e. The summed E-state index contributed by atoms with van der Waals surface area (Å²) in [6, 6.07) is 2.91. The van der Waals surface area contributed by atoms with Crippen LogP contribution in [-0.4, -0.2) is 45.9 Å². The van der Waals surface area contributed by atoms with E-state index in [1.54, 1.807) is 7.11 Å². The monoisotopic (exact) mass is 288 g/mol. The first-order chi connectivity index (χ1) is 9.63. The van der Waals surface area contributed by atoms with Crippen molar-refractivity contribution < 1.29 is 23.0 Å². The van der Waals surface area contributed by atoms with Crippen LogP contribution in [0, 0.1) is 11.6 Å². The molecular formula is C13H18F2N2O3. The van der Waals surface area contributed by atoms with E-state index in [1.165, 1.54) is 0 Å². The molecule has 0 aliphatic rings. The maximum absolute atomic E-state index is 13.2. The van der Waals surface area contributed by atoms with Gasteiger partial charge in [0.2, 0.25) is 0 Å². The maximum atomic E-state index is 13.2. The van der Waals surface area contributed by atoms with Crippen LogP contribution in [-0.2, 0) is 9.53 Å². The molecule has 1 amide bonds. The number of rotatable bonds is 9. The summed E-state index contributed by atoms with van der Waals surface area (Å²) in [5.74, 6) is -2.05. The summed E-state index contributed by atoms with van der Waals surface area (Å²) in [7, 11) is 1.61. The predicted octanol–water partition coefficient (Wildman–Crippen LogP) is 0.696. The van der Waals surface area contributed by atoms with Crippen LogP contribution >= 0.6 is 0 Å². The summed E-state index contributed by atoms with van der Waals surface area (Å²) in [4.78, 5) is 11.4. The van der Waals surface area contributed by atoms with Gasteiger partial charge in [-0.05, 0) is 12.1 Å². The fourth-order valence-electron chi connectivity index (χ4n) is 1.38. The Labute approximate surface area is 116 Å². The standard InChI is InChI=1S/C13H18F2N2O3/c1-19-7-6-16-4-5-17-13(18)9-20-12-3-2-10(14)8-11(12)15/h2-3,8,16H,4-7,9H2,1H3,(H,17,18). The summed E-state index contributed by atoms with van der Waals surface area (Å²) in [5.41, 5.74) is 0. The second-order valence-corrected chi connectivity index (χ2v) is 3.96. The Hall–Kier alpha value is -1.73. The van der Waals surface area contributed by atoms with Gasteiger partial charge in [-0.15, -0.1) is 0 Å². The molecule has 1 aromatic carbocycles. The number of amides is 1. The van der Waals surface area contributed by atoms with Gasteiger partial charge in [0, 0.05) is 32.8 Å². The van der Waals surface area contributed by atoms with Crippen LogP contribution in [0.4, 0.5) is 8.78 Å². The zero-order valence-electron chi connectivity index (χ0n) is 11.2. The van der Waals surface area contributed by atoms with Crippen LogP contribution < -0.4 is 15.4 Å². The lowest BCUT2D eigenvalue weighted by atomic mass is 10.3. The van der Waals surface area contributed by atoms with Crippen LogP contribution in [0.3, 0.4) is 0 Å². The molecule has 0 spiro atoms. The molecule has 5 nitrogen and oxygen atoms in total. The molecule has 0 heterocycles. The van der Waals surface area contributed by atoms with Crippen LogP contribution in [0.15, 0.2) is 18.2 Å². The Morgan fingerprint density at radius 1 is 1.25 bits per heavy atom. The van der Waals surface area contributed by atoms with E-state index in [0.29, 0.717) is 32.3 Å². The molecule has 0 aliphatic carbocycles. The number of benzene rings is 1. The number of nitrogens with one attached hydrogen (secondary N) is 2. The van der Waals surface area contributed by atoms with Crippen molar-refractivity contribution in [2.24, 2.45) is 0 Å². The molecule has 0 aliphatic heterocycles. The van der Waals surface area contributed by atoms with E-state index in [-0.39, 0.29) is 18.3 Å². The summed E-state index contributed by atoms with van der Waals surface area (Å²) >= 11 is 0. The number of ether oxygens (including phenoxy) is 2. The molecule has 0 fully saturated rings. The van der Waals surface area contributed by atoms with Gasteiger partial charge in [-0.2, -0.15) is 0 Å². The van der Waals surface area contributed by atoms with Crippen molar-refractivity contribution >= 4 is 5.91 Å². The van der Waals surface area contributed by atoms with Gasteiger partial charge in [-0.25, -0.2) is 8.78 Å². The van der Waals surface area contributed by atoms with E-state index >= 15 is 0 Å². The summed E-state index contributed by atoms with van der Waals surface area (Å²) in [5, 5.41) is 5.65. The number of methoxy groups -OCH3 is 1. The molecule has 7 heteroatoms. The first kappa shape index (κ1) is 16.3. The van der Waals surface area contributed by atoms with Crippen molar-refractivity contribution in [3.8, 4) is 5.75 Å². The van der Waals surface area contributed by atoms with Crippen molar-refractivity contribution in [3.63, 3.8) is 0 Å². The van der Waals surface area contributed by atoms with Gasteiger partial charge >= 0.3 is 0 Å². The van der Waals surface area contributed by atoms with Crippen molar-refractivity contribution in [1.82, 2.24) is 10.6 Å². The van der Waals surface area contributed by atoms with Crippen LogP contribution in [0.1, 0.15) is 0 Å². The van der Waals surface area contributed by atoms with Gasteiger partial charge in [-0.3, -0.25) is 4.79 Å². The highest BCUT2D eigenvalue weighted by Crippen LogP contribution is 2.17. The molecule has 1 rings (SSSR count). The lowest BCUT2D eigenvalue weighted by molar-refractivity contribution is -0.123. The first-order valence-corrected chi connectivity index (χ1v) is 6.17. The van der Waals surface area contributed by atoms with Gasteiger partial charge in [0.1, 0.15) is 5.82 Å². The quantitative estimate of drug-likeness (QED) is 0.657. The lowest BCUT2D eigenvalue weighted by Crippen LogP contribution is -2.35. The topological polar surface area (TPSA) is 59.6 Å². The SMILES string of the molecule is COCCNCCNC(=O)COc1ccc(F)cc1F. The lowest BCUT2D eigenvalue weighted by Gasteiger charge is -2.08. The fourth-order valence-corrected chi connectivity index (χ4v) is 1.38. The number of hydrogen-bond donors (Lipinski definition) is 2. The van der Waals surface area contributed by atoms with Gasteiger partial charge in [0.05, 0.1) is 6.61 Å². The largest absolute Gasteiger partial charge is 0.481 e. The first-order valence-electron chi connectivity index (χ1n) is 6.17. The minimum absolute atomic E-state index is 0.153. The second-order valence-electron chi connectivity index (χ2n) is 3.96. The van der Waals surface area contributed by atoms with Crippen LogP contribution in [0.2, 0.25) is 0 Å². The zero-order chi connectivity index (χ0) is 14.8. The van der Waals surface area contributed by atoms with E-state index in [9.17, 15) is 13.6 Å². The third-order valence-electron chi connectivity index (χ3n) is 2.36. The van der Waals surface area contributed by atoms with Crippen molar-refractivity contribution in [2.75, 3.05) is 40.0 Å². The predicted molar refractivity (Wildman–Crippen MR) is 69.6 cm³/mol. The van der Waals surface area contributed by atoms with E-state index < -0.39 is 11.6 Å². The Balaban J connectivity index is 2.16. The summed E-state index contributed by atoms with van der Waals surface area (Å²) in [6.07, 6.45) is 0. The van der Waals surface area contributed by atoms with Crippen molar-refractivity contribution in [2.45, 2.75) is 0 Å². The molecule has 20 heavy (non-hydrogen) atoms. The van der Waals surface area contributed by atoms with E-state index in [2.05, 4.69) is 10.6 Å². The highest BCUT2D eigenvalue weighted by molar-refractivity contribution is 5.77. The molecule has 0 saturated heterocycles. The van der Waals surface area contributed by atoms with Gasteiger partial charge in [0.25, 0.3) is 5.91 Å². The van der Waals surface area contributed by atoms with E-state index in [4.69, 9.17) is 9.47 Å². The average Bonchev–Trinajstić information content (AvgIpc) is 2.41. The molecular weight excluding hydrogens is 270 g/mol. The Morgan fingerprint density at radius 2 is 2.05 bits per heavy atom. The molecule has 112 valence electrons. The summed E-state index contributed by atoms with van der Waals surface area (Å²) in [6.45, 7) is 2.00. The average molecular weight is 288 g/mol. The number of hydrogen-bond acceptors (Lipinski definition) is 4. The third-order valence-corrected chi connectivity index (χ3v) is 2.36. The molecule has 0 aromatic heterocycles. The van der Waals surface area contributed by atoms with Crippen molar-refractivity contribution in [1.29, 1.82) is 0 Å². The van der Waals surface area contributed by atoms with Gasteiger partial charge in [0.15, 0.2) is 18.2 Å². The van der Waals surface area contributed by atoms with E-state index in [0.717, 1.165) is 12.1 Å². The van der Waals surface area contributed by atoms with Crippen molar-refractivity contribution in [3.05, 3.63) is 29.8 Å². The highest BCUT2D eigenvalue weighted by Gasteiger charge is 2.07. The molecule has 1 aromatic rings. The minimum Gasteiger partial charge on any atom is -0.481 e. The maximum Gasteiger partial charge on any atom is 0.257 e. The van der Waals surface area contributed by atoms with Gasteiger partial charge < -0.3 is 20.1 Å². The second kappa shape index (κ2) is 9.22. The number of carbonyl (C=O) groups excluding carboxylic acids is 1. The fraction of sp³-hybridized carbons (Fsp3) is 0.462. The Kier molecular flexibility index (Phi) is 7.52. The highest BCUT2D eigenvalue weighted by atomic mass is 19.1. The Bertz CT molecular complexity index is 430. The number of halogens is 2. The normalized spacial score (nSPS) is 10.3. The Morgan fingerprint density at radius 3 is 2.75 bits per heavy atom. The summed E-state index contributed by atoms with van der Waals surface area (Å²) < 4.78 is 35.7.